The Balaban J connectivity index is 1.90. The molecule has 1 fully saturated rings. The van der Waals surface area contributed by atoms with E-state index in [4.69, 9.17) is 0 Å². The van der Waals surface area contributed by atoms with Crippen molar-refractivity contribution >= 4 is 17.8 Å². The van der Waals surface area contributed by atoms with Crippen molar-refractivity contribution in [2.45, 2.75) is 25.0 Å². The van der Waals surface area contributed by atoms with E-state index in [1.807, 2.05) is 12.1 Å². The van der Waals surface area contributed by atoms with Crippen LogP contribution in [0, 0.1) is 0 Å². The first-order valence-corrected chi connectivity index (χ1v) is 9.19. The highest BCUT2D eigenvalue weighted by atomic mass is 16.3. The van der Waals surface area contributed by atoms with Crippen molar-refractivity contribution in [2.24, 2.45) is 0 Å². The van der Waals surface area contributed by atoms with Crippen LogP contribution < -0.4 is 10.6 Å². The molecule has 28 heavy (non-hydrogen) atoms. The molecule has 1 aliphatic rings. The van der Waals surface area contributed by atoms with Gasteiger partial charge in [-0.25, -0.2) is 4.79 Å². The molecule has 0 bridgehead atoms. The third-order valence-electron chi connectivity index (χ3n) is 4.83. The highest BCUT2D eigenvalue weighted by molar-refractivity contribution is 6.11. The zero-order valence-corrected chi connectivity index (χ0v) is 15.6. The molecule has 1 aliphatic heterocycles. The lowest BCUT2D eigenvalue weighted by Gasteiger charge is -2.28. The van der Waals surface area contributed by atoms with Crippen LogP contribution in [0.2, 0.25) is 0 Å². The molecule has 7 nitrogen and oxygen atoms in total. The number of hydrogen-bond donors (Lipinski definition) is 3. The highest BCUT2D eigenvalue weighted by Crippen LogP contribution is 2.35. The van der Waals surface area contributed by atoms with Crippen molar-refractivity contribution in [3.05, 3.63) is 71.8 Å². The smallest absolute Gasteiger partial charge is 0.326 e. The molecule has 2 aromatic carbocycles. The first-order chi connectivity index (χ1) is 13.5. The molecular weight excluding hydrogens is 358 g/mol. The zero-order valence-electron chi connectivity index (χ0n) is 15.6. The molecule has 2 aromatic rings. The fourth-order valence-corrected chi connectivity index (χ4v) is 3.23. The Morgan fingerprint density at radius 1 is 1.07 bits per heavy atom. The lowest BCUT2D eigenvalue weighted by molar-refractivity contribution is -0.134. The van der Waals surface area contributed by atoms with Crippen LogP contribution in [0.1, 0.15) is 24.5 Å². The van der Waals surface area contributed by atoms with Gasteiger partial charge in [-0.15, -0.1) is 0 Å². The van der Waals surface area contributed by atoms with E-state index in [0.717, 1.165) is 4.90 Å². The number of rotatable bonds is 7. The summed E-state index contributed by atoms with van der Waals surface area (Å²) in [7, 11) is 0. The Morgan fingerprint density at radius 2 is 1.61 bits per heavy atom. The van der Waals surface area contributed by atoms with Crippen LogP contribution in [0.25, 0.3) is 0 Å². The van der Waals surface area contributed by atoms with Gasteiger partial charge in [0, 0.05) is 6.54 Å². The Kier molecular flexibility index (Phi) is 5.75. The quantitative estimate of drug-likeness (QED) is 0.631. The van der Waals surface area contributed by atoms with Gasteiger partial charge < -0.3 is 15.7 Å². The number of nitrogens with zero attached hydrogens (tertiary/aromatic N) is 1. The molecular formula is C21H23N3O4. The van der Waals surface area contributed by atoms with Gasteiger partial charge >= 0.3 is 6.03 Å². The van der Waals surface area contributed by atoms with Crippen LogP contribution in [-0.4, -0.2) is 47.0 Å². The van der Waals surface area contributed by atoms with Gasteiger partial charge in [-0.2, -0.15) is 0 Å². The van der Waals surface area contributed by atoms with Crippen LogP contribution >= 0.6 is 0 Å². The van der Waals surface area contributed by atoms with Gasteiger partial charge in [0.2, 0.25) is 5.91 Å². The van der Waals surface area contributed by atoms with Crippen molar-refractivity contribution in [3.63, 3.8) is 0 Å². The van der Waals surface area contributed by atoms with Crippen LogP contribution in [0.15, 0.2) is 60.7 Å². The zero-order chi connectivity index (χ0) is 20.1. The molecule has 1 saturated heterocycles. The summed E-state index contributed by atoms with van der Waals surface area (Å²) in [6.45, 7) is 1.45. The largest absolute Gasteiger partial charge is 0.391 e. The molecule has 1 atom stereocenters. The van der Waals surface area contributed by atoms with E-state index in [2.05, 4.69) is 10.6 Å². The molecule has 4 amide bonds. The number of imide groups is 1. The van der Waals surface area contributed by atoms with Crippen molar-refractivity contribution in [3.8, 4) is 0 Å². The second-order valence-corrected chi connectivity index (χ2v) is 6.67. The molecule has 1 unspecified atom stereocenters. The van der Waals surface area contributed by atoms with Gasteiger partial charge in [0.1, 0.15) is 6.54 Å². The van der Waals surface area contributed by atoms with Gasteiger partial charge in [0.15, 0.2) is 5.54 Å². The monoisotopic (exact) mass is 381 g/mol. The molecule has 3 N–H and O–H groups in total. The summed E-state index contributed by atoms with van der Waals surface area (Å²) in [5, 5.41) is 14.9. The summed E-state index contributed by atoms with van der Waals surface area (Å²) >= 11 is 0. The minimum atomic E-state index is -1.39. The minimum absolute atomic E-state index is 0.0709. The predicted molar refractivity (Wildman–Crippen MR) is 103 cm³/mol. The Morgan fingerprint density at radius 3 is 2.11 bits per heavy atom. The summed E-state index contributed by atoms with van der Waals surface area (Å²) in [4.78, 5) is 39.1. The maximum absolute atomic E-state index is 13.4. The fourth-order valence-electron chi connectivity index (χ4n) is 3.23. The number of hydrogen-bond acceptors (Lipinski definition) is 4. The average molecular weight is 381 g/mol. The number of urea groups is 1. The van der Waals surface area contributed by atoms with Gasteiger partial charge in [0.25, 0.3) is 5.91 Å². The number of aliphatic hydroxyl groups excluding tert-OH is 1. The standard InChI is InChI=1S/C21H23N3O4/c1-2-17(25)13-22-18(26)14-24-19(27)21(23-20(24)28,15-9-5-3-6-10-15)16-11-7-4-8-12-16/h3-12,17,25H,2,13-14H2,1H3,(H,22,26)(H,23,28). The second kappa shape index (κ2) is 8.22. The normalized spacial score (nSPS) is 16.6. The Hall–Kier alpha value is -3.19. The van der Waals surface area contributed by atoms with Gasteiger partial charge in [-0.1, -0.05) is 67.6 Å². The van der Waals surface area contributed by atoms with Crippen LogP contribution in [0.5, 0.6) is 0 Å². The molecule has 0 aromatic heterocycles. The highest BCUT2D eigenvalue weighted by Gasteiger charge is 2.53. The number of amides is 4. The third kappa shape index (κ3) is 3.61. The van der Waals surface area contributed by atoms with E-state index in [1.165, 1.54) is 0 Å². The molecule has 0 saturated carbocycles. The van der Waals surface area contributed by atoms with Crippen LogP contribution in [0.3, 0.4) is 0 Å². The Bertz CT molecular complexity index is 815. The number of nitrogens with one attached hydrogen (secondary N) is 2. The minimum Gasteiger partial charge on any atom is -0.391 e. The predicted octanol–water partition coefficient (Wildman–Crippen LogP) is 1.37. The lowest BCUT2D eigenvalue weighted by Crippen LogP contribution is -2.46. The van der Waals surface area contributed by atoms with Crippen molar-refractivity contribution < 1.29 is 19.5 Å². The molecule has 3 rings (SSSR count). The van der Waals surface area contributed by atoms with Gasteiger partial charge in [-0.05, 0) is 17.5 Å². The number of aliphatic hydroxyl groups is 1. The number of carbonyl (C=O) groups excluding carboxylic acids is 3. The topological polar surface area (TPSA) is 98.7 Å². The molecule has 0 spiro atoms. The fraction of sp³-hybridized carbons (Fsp3) is 0.286. The molecule has 7 heteroatoms. The summed E-state index contributed by atoms with van der Waals surface area (Å²) in [5.41, 5.74) is -0.157. The Labute approximate surface area is 163 Å². The first kappa shape index (κ1) is 19.6. The van der Waals surface area contributed by atoms with Crippen molar-refractivity contribution in [1.82, 2.24) is 15.5 Å². The maximum Gasteiger partial charge on any atom is 0.326 e. The van der Waals surface area contributed by atoms with Crippen molar-refractivity contribution in [2.75, 3.05) is 13.1 Å². The van der Waals surface area contributed by atoms with Crippen LogP contribution in [0.4, 0.5) is 4.79 Å². The van der Waals surface area contributed by atoms with Crippen molar-refractivity contribution in [1.29, 1.82) is 0 Å². The van der Waals surface area contributed by atoms with E-state index in [0.29, 0.717) is 17.5 Å². The summed E-state index contributed by atoms with van der Waals surface area (Å²) in [6, 6.07) is 17.3. The van der Waals surface area contributed by atoms with Crippen LogP contribution in [-0.2, 0) is 15.1 Å². The lowest BCUT2D eigenvalue weighted by atomic mass is 9.82. The SMILES string of the molecule is CCC(O)CNC(=O)CN1C(=O)NC(c2ccccc2)(c2ccccc2)C1=O. The first-order valence-electron chi connectivity index (χ1n) is 9.19. The molecule has 0 radical (unpaired) electrons. The molecule has 1 heterocycles. The van der Waals surface area contributed by atoms with Gasteiger partial charge in [-0.3, -0.25) is 14.5 Å². The number of carbonyl (C=O) groups is 3. The average Bonchev–Trinajstić information content (AvgIpc) is 2.99. The summed E-state index contributed by atoms with van der Waals surface area (Å²) in [5.74, 6) is -1.02. The van der Waals surface area contributed by atoms with E-state index >= 15 is 0 Å². The number of benzene rings is 2. The van der Waals surface area contributed by atoms with E-state index in [1.54, 1.807) is 55.5 Å². The molecule has 146 valence electrons. The molecule has 0 aliphatic carbocycles. The van der Waals surface area contributed by atoms with E-state index < -0.39 is 36.0 Å². The third-order valence-corrected chi connectivity index (χ3v) is 4.83. The van der Waals surface area contributed by atoms with E-state index in [-0.39, 0.29) is 6.54 Å². The van der Waals surface area contributed by atoms with E-state index in [9.17, 15) is 19.5 Å². The maximum atomic E-state index is 13.4. The van der Waals surface area contributed by atoms with Gasteiger partial charge in [0.05, 0.1) is 6.10 Å². The summed E-state index contributed by atoms with van der Waals surface area (Å²) in [6.07, 6.45) is -0.172. The second-order valence-electron chi connectivity index (χ2n) is 6.67. The summed E-state index contributed by atoms with van der Waals surface area (Å²) < 4.78 is 0.